The highest BCUT2D eigenvalue weighted by Gasteiger charge is 2.27. The van der Waals surface area contributed by atoms with E-state index in [9.17, 15) is 10.2 Å². The molecule has 3 rings (SSSR count). The largest absolute Gasteiger partial charge is 0.493 e. The molecule has 0 saturated carbocycles. The van der Waals surface area contributed by atoms with Crippen LogP contribution in [0.4, 0.5) is 0 Å². The van der Waals surface area contributed by atoms with Gasteiger partial charge in [-0.1, -0.05) is 0 Å². The average Bonchev–Trinajstić information content (AvgIpc) is 2.65. The summed E-state index contributed by atoms with van der Waals surface area (Å²) in [7, 11) is 3.19. The number of benzene rings is 1. The second kappa shape index (κ2) is 6.90. The van der Waals surface area contributed by atoms with Crippen LogP contribution in [0.5, 0.6) is 11.5 Å². The van der Waals surface area contributed by atoms with Crippen molar-refractivity contribution in [2.45, 2.75) is 6.54 Å². The van der Waals surface area contributed by atoms with Gasteiger partial charge >= 0.3 is 0 Å². The quantitative estimate of drug-likeness (QED) is 0.869. The zero-order valence-corrected chi connectivity index (χ0v) is 13.7. The Morgan fingerprint density at radius 1 is 1.08 bits per heavy atom. The van der Waals surface area contributed by atoms with E-state index in [0.29, 0.717) is 23.7 Å². The van der Waals surface area contributed by atoms with E-state index in [1.165, 1.54) is 0 Å². The molecule has 24 heavy (non-hydrogen) atoms. The van der Waals surface area contributed by atoms with E-state index in [1.54, 1.807) is 31.5 Å². The molecule has 2 aromatic rings. The van der Waals surface area contributed by atoms with E-state index in [2.05, 4.69) is 4.98 Å². The number of hydrogen-bond acceptors (Lipinski definition) is 6. The molecular weight excluding hydrogens is 308 g/mol. The number of aliphatic hydroxyl groups excluding tert-OH is 2. The minimum absolute atomic E-state index is 0.175. The third-order valence-electron chi connectivity index (χ3n) is 4.20. The van der Waals surface area contributed by atoms with Crippen LogP contribution in [0, 0.1) is 0 Å². The van der Waals surface area contributed by atoms with Gasteiger partial charge in [0.1, 0.15) is 6.73 Å². The van der Waals surface area contributed by atoms with E-state index < -0.39 is 0 Å². The first-order chi connectivity index (χ1) is 11.7. The molecule has 0 fully saturated rings. The molecule has 0 atom stereocenters. The molecule has 1 aliphatic rings. The predicted octanol–water partition coefficient (Wildman–Crippen LogP) is 1.62. The molecular formula is C18H20N2O4. The van der Waals surface area contributed by atoms with Crippen molar-refractivity contribution in [3.05, 3.63) is 59.0 Å². The van der Waals surface area contributed by atoms with Crippen LogP contribution < -0.4 is 9.47 Å². The van der Waals surface area contributed by atoms with Gasteiger partial charge in [-0.3, -0.25) is 4.98 Å². The molecule has 0 radical (unpaired) electrons. The van der Waals surface area contributed by atoms with E-state index in [0.717, 1.165) is 22.3 Å². The maximum Gasteiger partial charge on any atom is 0.161 e. The molecule has 0 bridgehead atoms. The summed E-state index contributed by atoms with van der Waals surface area (Å²) in [5.41, 5.74) is 4.39. The summed E-state index contributed by atoms with van der Waals surface area (Å²) in [4.78, 5) is 5.79. The minimum Gasteiger partial charge on any atom is -0.493 e. The molecule has 0 aliphatic carbocycles. The lowest BCUT2D eigenvalue weighted by molar-refractivity contribution is 0.116. The summed E-state index contributed by atoms with van der Waals surface area (Å²) < 4.78 is 10.8. The van der Waals surface area contributed by atoms with Gasteiger partial charge in [-0.15, -0.1) is 0 Å². The molecule has 6 nitrogen and oxygen atoms in total. The highest BCUT2D eigenvalue weighted by atomic mass is 16.5. The van der Waals surface area contributed by atoms with Crippen LogP contribution in [0.1, 0.15) is 16.7 Å². The summed E-state index contributed by atoms with van der Waals surface area (Å²) >= 11 is 0. The number of aliphatic hydroxyl groups is 2. The summed E-state index contributed by atoms with van der Waals surface area (Å²) in [5.74, 6) is 1.26. The van der Waals surface area contributed by atoms with Gasteiger partial charge in [0.2, 0.25) is 0 Å². The van der Waals surface area contributed by atoms with Crippen molar-refractivity contribution < 1.29 is 19.7 Å². The number of ether oxygens (including phenoxy) is 2. The predicted molar refractivity (Wildman–Crippen MR) is 89.5 cm³/mol. The van der Waals surface area contributed by atoms with Crippen molar-refractivity contribution in [1.29, 1.82) is 0 Å². The van der Waals surface area contributed by atoms with Gasteiger partial charge in [0.05, 0.1) is 20.8 Å². The van der Waals surface area contributed by atoms with E-state index in [4.69, 9.17) is 9.47 Å². The molecule has 1 aromatic carbocycles. The van der Waals surface area contributed by atoms with Crippen LogP contribution in [-0.4, -0.2) is 47.7 Å². The van der Waals surface area contributed by atoms with Crippen molar-refractivity contribution in [3.63, 3.8) is 0 Å². The Balaban J connectivity index is 2.28. The Morgan fingerprint density at radius 3 is 2.33 bits per heavy atom. The Morgan fingerprint density at radius 2 is 1.75 bits per heavy atom. The van der Waals surface area contributed by atoms with Crippen LogP contribution in [0.3, 0.4) is 0 Å². The minimum atomic E-state index is -0.182. The Hall–Kier alpha value is -2.57. The van der Waals surface area contributed by atoms with Crippen molar-refractivity contribution in [1.82, 2.24) is 9.88 Å². The SMILES string of the molecule is COc1cc2c(cc1OC)C(c1ccncc1)=C(CO)N(CO)C2. The van der Waals surface area contributed by atoms with Crippen molar-refractivity contribution in [2.75, 3.05) is 27.6 Å². The summed E-state index contributed by atoms with van der Waals surface area (Å²) in [6, 6.07) is 7.58. The second-order valence-corrected chi connectivity index (χ2v) is 5.42. The number of nitrogens with zero attached hydrogens (tertiary/aromatic N) is 2. The lowest BCUT2D eigenvalue weighted by atomic mass is 9.88. The highest BCUT2D eigenvalue weighted by molar-refractivity contribution is 5.85. The lowest BCUT2D eigenvalue weighted by Gasteiger charge is -2.33. The molecule has 1 aromatic heterocycles. The number of fused-ring (bicyclic) bond motifs is 1. The monoisotopic (exact) mass is 328 g/mol. The first-order valence-electron chi connectivity index (χ1n) is 7.59. The summed E-state index contributed by atoms with van der Waals surface area (Å²) in [6.07, 6.45) is 3.41. The van der Waals surface area contributed by atoms with Gasteiger partial charge in [0.25, 0.3) is 0 Å². The van der Waals surface area contributed by atoms with Crippen LogP contribution in [0.15, 0.2) is 42.4 Å². The van der Waals surface area contributed by atoms with Gasteiger partial charge in [0.15, 0.2) is 11.5 Å². The Bertz CT molecular complexity index is 759. The zero-order valence-electron chi connectivity index (χ0n) is 13.7. The fourth-order valence-electron chi connectivity index (χ4n) is 3.05. The molecule has 0 saturated heterocycles. The highest BCUT2D eigenvalue weighted by Crippen LogP contribution is 2.41. The molecule has 6 heteroatoms. The third-order valence-corrected chi connectivity index (χ3v) is 4.20. The van der Waals surface area contributed by atoms with Crippen LogP contribution in [-0.2, 0) is 6.54 Å². The number of pyridine rings is 1. The summed E-state index contributed by atoms with van der Waals surface area (Å²) in [5, 5.41) is 19.6. The topological polar surface area (TPSA) is 75.0 Å². The van der Waals surface area contributed by atoms with E-state index in [-0.39, 0.29) is 13.3 Å². The number of aromatic nitrogens is 1. The van der Waals surface area contributed by atoms with Crippen LogP contribution in [0.25, 0.3) is 5.57 Å². The standard InChI is InChI=1S/C18H20N2O4/c1-23-16-7-13-9-20(11-22)15(10-21)18(12-3-5-19-6-4-12)14(13)8-17(16)24-2/h3-8,21-22H,9-11H2,1-2H3. The first kappa shape index (κ1) is 16.3. The molecule has 1 aliphatic heterocycles. The van der Waals surface area contributed by atoms with Crippen molar-refractivity contribution in [3.8, 4) is 11.5 Å². The Labute approximate surface area is 140 Å². The fourth-order valence-corrected chi connectivity index (χ4v) is 3.05. The number of methoxy groups -OCH3 is 2. The number of rotatable bonds is 5. The first-order valence-corrected chi connectivity index (χ1v) is 7.59. The molecule has 0 spiro atoms. The number of hydrogen-bond donors (Lipinski definition) is 2. The van der Waals surface area contributed by atoms with Crippen LogP contribution >= 0.6 is 0 Å². The molecule has 2 N–H and O–H groups in total. The summed E-state index contributed by atoms with van der Waals surface area (Å²) in [6.45, 7) is 0.126. The molecule has 2 heterocycles. The fraction of sp³-hybridized carbons (Fsp3) is 0.278. The van der Waals surface area contributed by atoms with Crippen molar-refractivity contribution in [2.24, 2.45) is 0 Å². The second-order valence-electron chi connectivity index (χ2n) is 5.42. The Kier molecular flexibility index (Phi) is 4.69. The van der Waals surface area contributed by atoms with Gasteiger partial charge in [-0.05, 0) is 41.0 Å². The average molecular weight is 328 g/mol. The smallest absolute Gasteiger partial charge is 0.161 e. The molecule has 126 valence electrons. The maximum absolute atomic E-state index is 9.89. The van der Waals surface area contributed by atoms with E-state index >= 15 is 0 Å². The van der Waals surface area contributed by atoms with Gasteiger partial charge in [-0.2, -0.15) is 0 Å². The lowest BCUT2D eigenvalue weighted by Crippen LogP contribution is -2.30. The van der Waals surface area contributed by atoms with Crippen molar-refractivity contribution >= 4 is 5.57 Å². The van der Waals surface area contributed by atoms with Gasteiger partial charge < -0.3 is 24.6 Å². The third kappa shape index (κ3) is 2.70. The van der Waals surface area contributed by atoms with E-state index in [1.807, 2.05) is 24.3 Å². The normalized spacial score (nSPS) is 13.8. The zero-order chi connectivity index (χ0) is 17.1. The van der Waals surface area contributed by atoms with Gasteiger partial charge in [-0.25, -0.2) is 0 Å². The maximum atomic E-state index is 9.89. The van der Waals surface area contributed by atoms with Crippen LogP contribution in [0.2, 0.25) is 0 Å². The molecule has 0 amide bonds. The van der Waals surface area contributed by atoms with Gasteiger partial charge in [0, 0.05) is 30.2 Å². The molecule has 0 unspecified atom stereocenters.